The quantitative estimate of drug-likeness (QED) is 0.496. The van der Waals surface area contributed by atoms with Gasteiger partial charge in [0, 0.05) is 37.3 Å². The van der Waals surface area contributed by atoms with Gasteiger partial charge in [0.05, 0.1) is 0 Å². The van der Waals surface area contributed by atoms with E-state index in [1.165, 1.54) is 0 Å². The van der Waals surface area contributed by atoms with Gasteiger partial charge in [0.25, 0.3) is 5.91 Å². The molecule has 1 heterocycles. The first kappa shape index (κ1) is 11.6. The molecule has 2 rings (SSSR count). The number of nitrogens with one attached hydrogen (secondary N) is 2. The number of nitrogens with two attached hydrogens (primary N) is 1. The minimum absolute atomic E-state index is 0.0196. The van der Waals surface area contributed by atoms with E-state index in [9.17, 15) is 4.79 Å². The summed E-state index contributed by atoms with van der Waals surface area (Å²) in [7, 11) is 0. The third kappa shape index (κ3) is 2.62. The maximum Gasteiger partial charge on any atom is 0.253 e. The van der Waals surface area contributed by atoms with Gasteiger partial charge in [-0.3, -0.25) is 10.2 Å². The van der Waals surface area contributed by atoms with Gasteiger partial charge in [0.2, 0.25) is 0 Å². The van der Waals surface area contributed by atoms with Crippen molar-refractivity contribution in [2.45, 2.75) is 0 Å². The van der Waals surface area contributed by atoms with Gasteiger partial charge in [-0.15, -0.1) is 0 Å². The fourth-order valence-corrected chi connectivity index (χ4v) is 1.84. The molecule has 0 spiro atoms. The van der Waals surface area contributed by atoms with Gasteiger partial charge in [0.1, 0.15) is 5.84 Å². The van der Waals surface area contributed by atoms with Crippen LogP contribution in [0, 0.1) is 5.41 Å². The lowest BCUT2D eigenvalue weighted by Gasteiger charge is -2.27. The van der Waals surface area contributed by atoms with Crippen molar-refractivity contribution in [2.24, 2.45) is 5.73 Å². The molecule has 0 radical (unpaired) electrons. The fraction of sp³-hybridized carbons (Fsp3) is 0.333. The maximum atomic E-state index is 12.1. The molecule has 1 aromatic carbocycles. The van der Waals surface area contributed by atoms with Crippen LogP contribution < -0.4 is 11.1 Å². The van der Waals surface area contributed by atoms with Gasteiger partial charge in [-0.2, -0.15) is 0 Å². The molecule has 0 unspecified atom stereocenters. The molecule has 1 amide bonds. The average Bonchev–Trinajstić information content (AvgIpc) is 2.39. The zero-order valence-electron chi connectivity index (χ0n) is 9.57. The molecular formula is C12H16N4O. The van der Waals surface area contributed by atoms with Gasteiger partial charge in [-0.25, -0.2) is 0 Å². The van der Waals surface area contributed by atoms with Crippen LogP contribution in [0.2, 0.25) is 0 Å². The summed E-state index contributed by atoms with van der Waals surface area (Å²) in [5.74, 6) is 0.0628. The van der Waals surface area contributed by atoms with E-state index >= 15 is 0 Å². The van der Waals surface area contributed by atoms with E-state index in [1.54, 1.807) is 24.3 Å². The number of benzene rings is 1. The highest BCUT2D eigenvalue weighted by atomic mass is 16.2. The highest BCUT2D eigenvalue weighted by molar-refractivity contribution is 5.98. The predicted molar refractivity (Wildman–Crippen MR) is 66.2 cm³/mol. The Bertz CT molecular complexity index is 421. The van der Waals surface area contributed by atoms with E-state index in [2.05, 4.69) is 5.32 Å². The molecule has 0 atom stereocenters. The first-order valence-corrected chi connectivity index (χ1v) is 5.63. The molecular weight excluding hydrogens is 216 g/mol. The smallest absolute Gasteiger partial charge is 0.253 e. The number of piperazine rings is 1. The van der Waals surface area contributed by atoms with Gasteiger partial charge in [-0.1, -0.05) is 12.1 Å². The highest BCUT2D eigenvalue weighted by Crippen LogP contribution is 2.08. The van der Waals surface area contributed by atoms with Crippen LogP contribution >= 0.6 is 0 Å². The predicted octanol–water partition coefficient (Wildman–Crippen LogP) is 0.0161. The second-order valence-electron chi connectivity index (χ2n) is 4.03. The number of rotatable bonds is 2. The summed E-state index contributed by atoms with van der Waals surface area (Å²) in [6, 6.07) is 6.86. The second-order valence-corrected chi connectivity index (χ2v) is 4.03. The Morgan fingerprint density at radius 3 is 2.24 bits per heavy atom. The van der Waals surface area contributed by atoms with Crippen LogP contribution in [0.1, 0.15) is 15.9 Å². The number of hydrogen-bond acceptors (Lipinski definition) is 3. The minimum atomic E-state index is 0.0196. The van der Waals surface area contributed by atoms with Crippen LogP contribution in [-0.2, 0) is 0 Å². The second kappa shape index (κ2) is 4.97. The van der Waals surface area contributed by atoms with E-state index in [1.807, 2.05) is 4.90 Å². The molecule has 90 valence electrons. The summed E-state index contributed by atoms with van der Waals surface area (Å²) in [6.45, 7) is 3.18. The standard InChI is InChI=1S/C12H16N4O/c13-11(14)9-1-3-10(4-2-9)12(17)16-7-5-15-6-8-16/h1-4,15H,5-8H2,(H3,13,14). The topological polar surface area (TPSA) is 82.2 Å². The van der Waals surface area contributed by atoms with Crippen LogP contribution in [0.3, 0.4) is 0 Å². The van der Waals surface area contributed by atoms with E-state index in [-0.39, 0.29) is 11.7 Å². The first-order chi connectivity index (χ1) is 8.18. The summed E-state index contributed by atoms with van der Waals surface area (Å²) in [5.41, 5.74) is 6.65. The Balaban J connectivity index is 2.10. The van der Waals surface area contributed by atoms with Crippen LogP contribution in [-0.4, -0.2) is 42.8 Å². The molecule has 0 saturated carbocycles. The molecule has 1 saturated heterocycles. The van der Waals surface area contributed by atoms with Crippen LogP contribution in [0.25, 0.3) is 0 Å². The Kier molecular flexibility index (Phi) is 3.39. The van der Waals surface area contributed by atoms with Crippen molar-refractivity contribution in [3.63, 3.8) is 0 Å². The van der Waals surface area contributed by atoms with Crippen LogP contribution in [0.4, 0.5) is 0 Å². The monoisotopic (exact) mass is 232 g/mol. The third-order valence-electron chi connectivity index (χ3n) is 2.85. The lowest BCUT2D eigenvalue weighted by Crippen LogP contribution is -2.46. The zero-order valence-corrected chi connectivity index (χ0v) is 9.57. The van der Waals surface area contributed by atoms with Crippen molar-refractivity contribution in [2.75, 3.05) is 26.2 Å². The van der Waals surface area contributed by atoms with Crippen molar-refractivity contribution >= 4 is 11.7 Å². The van der Waals surface area contributed by atoms with Crippen LogP contribution in [0.5, 0.6) is 0 Å². The van der Waals surface area contributed by atoms with E-state index in [4.69, 9.17) is 11.1 Å². The van der Waals surface area contributed by atoms with Gasteiger partial charge in [0.15, 0.2) is 0 Å². The molecule has 1 aliphatic rings. The number of carbonyl (C=O) groups excluding carboxylic acids is 1. The summed E-state index contributed by atoms with van der Waals surface area (Å²) in [5, 5.41) is 10.5. The Morgan fingerprint density at radius 1 is 1.18 bits per heavy atom. The average molecular weight is 232 g/mol. The lowest BCUT2D eigenvalue weighted by atomic mass is 10.1. The van der Waals surface area contributed by atoms with E-state index in [0.29, 0.717) is 11.1 Å². The molecule has 0 aliphatic carbocycles. The Hall–Kier alpha value is -1.88. The van der Waals surface area contributed by atoms with Crippen molar-refractivity contribution in [3.05, 3.63) is 35.4 Å². The first-order valence-electron chi connectivity index (χ1n) is 5.63. The lowest BCUT2D eigenvalue weighted by molar-refractivity contribution is 0.0736. The highest BCUT2D eigenvalue weighted by Gasteiger charge is 2.17. The van der Waals surface area contributed by atoms with E-state index in [0.717, 1.165) is 26.2 Å². The summed E-state index contributed by atoms with van der Waals surface area (Å²) < 4.78 is 0. The van der Waals surface area contributed by atoms with Crippen molar-refractivity contribution < 1.29 is 4.79 Å². The summed E-state index contributed by atoms with van der Waals surface area (Å²) in [4.78, 5) is 13.9. The molecule has 5 heteroatoms. The maximum absolute atomic E-state index is 12.1. The number of nitrogens with zero attached hydrogens (tertiary/aromatic N) is 1. The largest absolute Gasteiger partial charge is 0.384 e. The zero-order chi connectivity index (χ0) is 12.3. The van der Waals surface area contributed by atoms with Crippen LogP contribution in [0.15, 0.2) is 24.3 Å². The number of amides is 1. The van der Waals surface area contributed by atoms with Gasteiger partial charge >= 0.3 is 0 Å². The Morgan fingerprint density at radius 2 is 1.71 bits per heavy atom. The Labute approximate surface area is 100 Å². The van der Waals surface area contributed by atoms with Gasteiger partial charge in [-0.05, 0) is 12.1 Å². The molecule has 1 aliphatic heterocycles. The van der Waals surface area contributed by atoms with E-state index < -0.39 is 0 Å². The summed E-state index contributed by atoms with van der Waals surface area (Å²) in [6.07, 6.45) is 0. The fourth-order valence-electron chi connectivity index (χ4n) is 1.84. The summed E-state index contributed by atoms with van der Waals surface area (Å²) >= 11 is 0. The number of nitrogen functional groups attached to an aromatic ring is 1. The molecule has 17 heavy (non-hydrogen) atoms. The molecule has 1 aromatic rings. The minimum Gasteiger partial charge on any atom is -0.384 e. The molecule has 0 bridgehead atoms. The van der Waals surface area contributed by atoms with Crippen molar-refractivity contribution in [1.29, 1.82) is 5.41 Å². The van der Waals surface area contributed by atoms with Gasteiger partial charge < -0.3 is 16.0 Å². The number of carbonyl (C=O) groups is 1. The molecule has 1 fully saturated rings. The van der Waals surface area contributed by atoms with Crippen molar-refractivity contribution in [1.82, 2.24) is 10.2 Å². The third-order valence-corrected chi connectivity index (χ3v) is 2.85. The molecule has 5 nitrogen and oxygen atoms in total. The molecule has 4 N–H and O–H groups in total. The normalized spacial score (nSPS) is 15.6. The SMILES string of the molecule is N=C(N)c1ccc(C(=O)N2CCNCC2)cc1. The molecule has 0 aromatic heterocycles. The van der Waals surface area contributed by atoms with Crippen molar-refractivity contribution in [3.8, 4) is 0 Å². The number of amidine groups is 1. The number of hydrogen-bond donors (Lipinski definition) is 3.